The molecule has 3 aromatic rings. The highest BCUT2D eigenvalue weighted by Crippen LogP contribution is 2.32. The highest BCUT2D eigenvalue weighted by Gasteiger charge is 2.28. The first-order chi connectivity index (χ1) is 14.9. The molecule has 0 atom stereocenters. The number of ether oxygens (including phenoxy) is 1. The SMILES string of the molecule is CC(C)(C)OC(=O)N1CCC(c2nc(CSc3nnnn3-c3ccccc3)cs2)CC1. The molecule has 0 aliphatic carbocycles. The van der Waals surface area contributed by atoms with Crippen LogP contribution in [0.1, 0.15) is 50.2 Å². The topological polar surface area (TPSA) is 86.0 Å². The van der Waals surface area contributed by atoms with Crippen LogP contribution in [0.4, 0.5) is 4.79 Å². The fourth-order valence-electron chi connectivity index (χ4n) is 3.35. The maximum absolute atomic E-state index is 12.3. The van der Waals surface area contributed by atoms with Crippen LogP contribution in [0, 0.1) is 0 Å². The Kier molecular flexibility index (Phi) is 6.57. The minimum absolute atomic E-state index is 0.224. The maximum atomic E-state index is 12.3. The van der Waals surface area contributed by atoms with Crippen LogP contribution in [0.2, 0.25) is 0 Å². The largest absolute Gasteiger partial charge is 0.444 e. The van der Waals surface area contributed by atoms with E-state index < -0.39 is 5.60 Å². The first-order valence-corrected chi connectivity index (χ1v) is 12.1. The second-order valence-electron chi connectivity index (χ2n) is 8.42. The molecule has 0 bridgehead atoms. The third kappa shape index (κ3) is 5.62. The standard InChI is InChI=1S/C21H26N6O2S2/c1-21(2,3)29-20(28)26-11-9-15(10-12-26)18-22-16(13-30-18)14-31-19-23-24-25-27(19)17-7-5-4-6-8-17/h4-8,13,15H,9-12,14H2,1-3H3. The average molecular weight is 459 g/mol. The average Bonchev–Trinajstić information content (AvgIpc) is 3.41. The summed E-state index contributed by atoms with van der Waals surface area (Å²) in [6, 6.07) is 9.85. The summed E-state index contributed by atoms with van der Waals surface area (Å²) in [6.45, 7) is 7.09. The van der Waals surface area contributed by atoms with Crippen LogP contribution >= 0.6 is 23.1 Å². The van der Waals surface area contributed by atoms with Gasteiger partial charge in [0.05, 0.1) is 16.4 Å². The zero-order valence-electron chi connectivity index (χ0n) is 17.9. The molecule has 0 spiro atoms. The van der Waals surface area contributed by atoms with Crippen molar-refractivity contribution in [2.45, 2.75) is 56.0 Å². The molecule has 1 aliphatic heterocycles. The van der Waals surface area contributed by atoms with Crippen molar-refractivity contribution in [3.8, 4) is 5.69 Å². The van der Waals surface area contributed by atoms with E-state index in [1.165, 1.54) is 0 Å². The molecule has 1 amide bonds. The Bertz CT molecular complexity index is 1010. The lowest BCUT2D eigenvalue weighted by Crippen LogP contribution is -2.41. The summed E-state index contributed by atoms with van der Waals surface area (Å²) in [5.41, 5.74) is 1.50. The van der Waals surface area contributed by atoms with Crippen LogP contribution in [0.3, 0.4) is 0 Å². The van der Waals surface area contributed by atoms with Crippen LogP contribution in [0.25, 0.3) is 5.69 Å². The highest BCUT2D eigenvalue weighted by atomic mass is 32.2. The number of likely N-dealkylation sites (tertiary alicyclic amines) is 1. The molecular weight excluding hydrogens is 432 g/mol. The Morgan fingerprint density at radius 3 is 2.68 bits per heavy atom. The summed E-state index contributed by atoms with van der Waals surface area (Å²) < 4.78 is 7.22. The molecule has 31 heavy (non-hydrogen) atoms. The van der Waals surface area contributed by atoms with E-state index in [1.807, 2.05) is 51.1 Å². The second-order valence-corrected chi connectivity index (χ2v) is 10.2. The monoisotopic (exact) mass is 458 g/mol. The van der Waals surface area contributed by atoms with Gasteiger partial charge in [0, 0.05) is 30.1 Å². The normalized spacial score (nSPS) is 15.3. The van der Waals surface area contributed by atoms with Crippen LogP contribution in [0.15, 0.2) is 40.9 Å². The molecule has 2 aromatic heterocycles. The number of thioether (sulfide) groups is 1. The van der Waals surface area contributed by atoms with Crippen LogP contribution < -0.4 is 0 Å². The predicted molar refractivity (Wildman–Crippen MR) is 121 cm³/mol. The van der Waals surface area contributed by atoms with Gasteiger partial charge in [-0.25, -0.2) is 9.78 Å². The lowest BCUT2D eigenvalue weighted by Gasteiger charge is -2.32. The molecule has 4 rings (SSSR count). The first kappa shape index (κ1) is 21.8. The Labute approximate surface area is 190 Å². The minimum Gasteiger partial charge on any atom is -0.444 e. The molecular formula is C21H26N6O2S2. The van der Waals surface area contributed by atoms with Gasteiger partial charge in [0.1, 0.15) is 5.60 Å². The zero-order valence-corrected chi connectivity index (χ0v) is 19.5. The third-order valence-corrected chi connectivity index (χ3v) is 6.87. The number of para-hydroxylation sites is 1. The van der Waals surface area contributed by atoms with Crippen molar-refractivity contribution in [1.29, 1.82) is 0 Å². The van der Waals surface area contributed by atoms with Gasteiger partial charge in [0.15, 0.2) is 0 Å². The van der Waals surface area contributed by atoms with Crippen LogP contribution in [-0.2, 0) is 10.5 Å². The van der Waals surface area contributed by atoms with Gasteiger partial charge in [-0.1, -0.05) is 30.0 Å². The molecule has 10 heteroatoms. The summed E-state index contributed by atoms with van der Waals surface area (Å²) in [6.07, 6.45) is 1.59. The number of nitrogens with zero attached hydrogens (tertiary/aromatic N) is 6. The molecule has 1 fully saturated rings. The zero-order chi connectivity index (χ0) is 21.8. The van der Waals surface area contributed by atoms with Gasteiger partial charge in [0.25, 0.3) is 0 Å². The second kappa shape index (κ2) is 9.35. The lowest BCUT2D eigenvalue weighted by molar-refractivity contribution is 0.0205. The number of tetrazole rings is 1. The van der Waals surface area contributed by atoms with Crippen molar-refractivity contribution in [2.75, 3.05) is 13.1 Å². The van der Waals surface area contributed by atoms with Gasteiger partial charge >= 0.3 is 6.09 Å². The predicted octanol–water partition coefficient (Wildman–Crippen LogP) is 4.53. The van der Waals surface area contributed by atoms with Gasteiger partial charge in [0.2, 0.25) is 5.16 Å². The Balaban J connectivity index is 1.31. The third-order valence-electron chi connectivity index (χ3n) is 4.86. The number of carbonyl (C=O) groups is 1. The van der Waals surface area contributed by atoms with Crippen molar-refractivity contribution in [1.82, 2.24) is 30.1 Å². The Morgan fingerprint density at radius 1 is 1.23 bits per heavy atom. The lowest BCUT2D eigenvalue weighted by atomic mass is 9.98. The summed E-state index contributed by atoms with van der Waals surface area (Å²) in [7, 11) is 0. The van der Waals surface area contributed by atoms with Gasteiger partial charge in [-0.05, 0) is 56.2 Å². The van der Waals surface area contributed by atoms with E-state index in [4.69, 9.17) is 9.72 Å². The van der Waals surface area contributed by atoms with Crippen molar-refractivity contribution >= 4 is 29.2 Å². The van der Waals surface area contributed by atoms with E-state index in [1.54, 1.807) is 32.7 Å². The summed E-state index contributed by atoms with van der Waals surface area (Å²) >= 11 is 3.27. The smallest absolute Gasteiger partial charge is 0.410 e. The highest BCUT2D eigenvalue weighted by molar-refractivity contribution is 7.98. The number of hydrogen-bond acceptors (Lipinski definition) is 8. The number of piperidine rings is 1. The van der Waals surface area contributed by atoms with Crippen molar-refractivity contribution in [3.63, 3.8) is 0 Å². The fourth-order valence-corrected chi connectivity index (χ4v) is 5.23. The fraction of sp³-hybridized carbons (Fsp3) is 0.476. The van der Waals surface area contributed by atoms with E-state index in [0.29, 0.717) is 24.8 Å². The minimum atomic E-state index is -0.462. The van der Waals surface area contributed by atoms with E-state index in [2.05, 4.69) is 20.9 Å². The number of carbonyl (C=O) groups excluding carboxylic acids is 1. The van der Waals surface area contributed by atoms with Crippen LogP contribution in [0.5, 0.6) is 0 Å². The maximum Gasteiger partial charge on any atom is 0.410 e. The summed E-state index contributed by atoms with van der Waals surface area (Å²) in [5, 5.41) is 16.0. The van der Waals surface area contributed by atoms with Gasteiger partial charge in [-0.2, -0.15) is 4.68 Å². The molecule has 8 nitrogen and oxygen atoms in total. The summed E-state index contributed by atoms with van der Waals surface area (Å²) in [4.78, 5) is 18.9. The molecule has 164 valence electrons. The number of amides is 1. The molecule has 1 aromatic carbocycles. The Morgan fingerprint density at radius 2 is 1.97 bits per heavy atom. The van der Waals surface area contributed by atoms with Crippen molar-refractivity contribution in [3.05, 3.63) is 46.4 Å². The number of rotatable bonds is 5. The molecule has 0 unspecified atom stereocenters. The van der Waals surface area contributed by atoms with Gasteiger partial charge in [-0.15, -0.1) is 16.4 Å². The summed E-state index contributed by atoms with van der Waals surface area (Å²) in [5.74, 6) is 1.09. The van der Waals surface area contributed by atoms with Crippen molar-refractivity contribution in [2.24, 2.45) is 0 Å². The van der Waals surface area contributed by atoms with Crippen LogP contribution in [-0.4, -0.2) is 54.9 Å². The molecule has 0 radical (unpaired) electrons. The first-order valence-electron chi connectivity index (χ1n) is 10.3. The number of hydrogen-bond donors (Lipinski definition) is 0. The Hall–Kier alpha value is -2.46. The van der Waals surface area contributed by atoms with E-state index in [9.17, 15) is 4.79 Å². The van der Waals surface area contributed by atoms with Gasteiger partial charge in [-0.3, -0.25) is 0 Å². The van der Waals surface area contributed by atoms with E-state index in [0.717, 1.165) is 34.4 Å². The number of aromatic nitrogens is 5. The molecule has 0 saturated carbocycles. The van der Waals surface area contributed by atoms with Gasteiger partial charge < -0.3 is 9.64 Å². The van der Waals surface area contributed by atoms with E-state index >= 15 is 0 Å². The van der Waals surface area contributed by atoms with Crippen molar-refractivity contribution < 1.29 is 9.53 Å². The molecule has 1 aliphatic rings. The molecule has 3 heterocycles. The molecule has 1 saturated heterocycles. The quantitative estimate of drug-likeness (QED) is 0.519. The van der Waals surface area contributed by atoms with E-state index in [-0.39, 0.29) is 6.09 Å². The molecule has 0 N–H and O–H groups in total. The number of thiazole rings is 1. The number of benzene rings is 1.